The molecule has 0 fully saturated rings. The maximum absolute atomic E-state index is 13.4. The van der Waals surface area contributed by atoms with Crippen molar-refractivity contribution in [3.8, 4) is 0 Å². The molecule has 0 aliphatic heterocycles. The standard InChI is InChI=1S/C18H11N5O6S2/c24-22(25)12-7-9-13(10-8-12)31(28,29)21-15-5-2-1-4-14(15)20-18(21)30-17-16(23(26)27)6-3-11-19-17/h1-11H. The first-order valence-electron chi connectivity index (χ1n) is 8.54. The van der Waals surface area contributed by atoms with E-state index in [9.17, 15) is 28.6 Å². The van der Waals surface area contributed by atoms with Crippen LogP contribution in [-0.4, -0.2) is 32.2 Å². The molecular weight excluding hydrogens is 446 g/mol. The highest BCUT2D eigenvalue weighted by Crippen LogP contribution is 2.36. The molecule has 4 aromatic rings. The van der Waals surface area contributed by atoms with Gasteiger partial charge in [-0.05, 0) is 42.1 Å². The predicted octanol–water partition coefficient (Wildman–Crippen LogP) is 3.64. The third-order valence-electron chi connectivity index (χ3n) is 4.21. The molecule has 2 aromatic heterocycles. The number of fused-ring (bicyclic) bond motifs is 1. The fourth-order valence-corrected chi connectivity index (χ4v) is 5.43. The predicted molar refractivity (Wildman–Crippen MR) is 110 cm³/mol. The molecule has 4 rings (SSSR count). The maximum Gasteiger partial charge on any atom is 0.301 e. The zero-order valence-electron chi connectivity index (χ0n) is 15.4. The van der Waals surface area contributed by atoms with E-state index in [1.165, 1.54) is 18.3 Å². The first-order chi connectivity index (χ1) is 14.8. The Balaban J connectivity index is 1.90. The van der Waals surface area contributed by atoms with Crippen LogP contribution in [0.1, 0.15) is 0 Å². The summed E-state index contributed by atoms with van der Waals surface area (Å²) < 4.78 is 27.8. The molecule has 2 aromatic carbocycles. The Hall–Kier alpha value is -3.84. The largest absolute Gasteiger partial charge is 0.301 e. The molecule has 0 saturated heterocycles. The van der Waals surface area contributed by atoms with Crippen LogP contribution in [0, 0.1) is 20.2 Å². The van der Waals surface area contributed by atoms with E-state index in [-0.39, 0.29) is 32.0 Å². The topological polar surface area (TPSA) is 151 Å². The molecule has 31 heavy (non-hydrogen) atoms. The number of non-ortho nitro benzene ring substituents is 1. The van der Waals surface area contributed by atoms with Gasteiger partial charge in [-0.2, -0.15) is 0 Å². The van der Waals surface area contributed by atoms with Gasteiger partial charge in [0.05, 0.1) is 25.8 Å². The van der Waals surface area contributed by atoms with Crippen LogP contribution in [0.15, 0.2) is 81.9 Å². The summed E-state index contributed by atoms with van der Waals surface area (Å²) in [6.07, 6.45) is 1.35. The van der Waals surface area contributed by atoms with Crippen LogP contribution < -0.4 is 0 Å². The fourth-order valence-electron chi connectivity index (χ4n) is 2.81. The maximum atomic E-state index is 13.4. The minimum absolute atomic E-state index is 0.0250. The van der Waals surface area contributed by atoms with Crippen molar-refractivity contribution in [2.45, 2.75) is 15.1 Å². The lowest BCUT2D eigenvalue weighted by Gasteiger charge is -2.10. The quantitative estimate of drug-likeness (QED) is 0.312. The van der Waals surface area contributed by atoms with Gasteiger partial charge in [0.15, 0.2) is 10.2 Å². The van der Waals surface area contributed by atoms with Crippen molar-refractivity contribution in [2.24, 2.45) is 0 Å². The Bertz CT molecular complexity index is 1430. The Labute approximate surface area is 178 Å². The number of hydrogen-bond acceptors (Lipinski definition) is 9. The number of nitro groups is 2. The van der Waals surface area contributed by atoms with Gasteiger partial charge in [0, 0.05) is 24.4 Å². The zero-order valence-corrected chi connectivity index (χ0v) is 17.0. The molecule has 0 bridgehead atoms. The van der Waals surface area contributed by atoms with Gasteiger partial charge >= 0.3 is 5.69 Å². The normalized spacial score (nSPS) is 11.5. The van der Waals surface area contributed by atoms with Crippen molar-refractivity contribution in [2.75, 3.05) is 0 Å². The molecule has 156 valence electrons. The summed E-state index contributed by atoms with van der Waals surface area (Å²) in [4.78, 5) is 29.1. The van der Waals surface area contributed by atoms with Crippen LogP contribution in [0.25, 0.3) is 11.0 Å². The molecular formula is C18H11N5O6S2. The molecule has 13 heteroatoms. The first kappa shape index (κ1) is 20.4. The van der Waals surface area contributed by atoms with Crippen LogP contribution in [0.5, 0.6) is 0 Å². The zero-order chi connectivity index (χ0) is 22.2. The smallest absolute Gasteiger partial charge is 0.258 e. The lowest BCUT2D eigenvalue weighted by Crippen LogP contribution is -2.14. The molecule has 0 amide bonds. The number of pyridine rings is 1. The molecule has 0 spiro atoms. The monoisotopic (exact) mass is 457 g/mol. The molecule has 0 radical (unpaired) electrons. The summed E-state index contributed by atoms with van der Waals surface area (Å²) in [5, 5.41) is 22.1. The van der Waals surface area contributed by atoms with Gasteiger partial charge < -0.3 is 0 Å². The molecule has 0 saturated carbocycles. The van der Waals surface area contributed by atoms with E-state index in [0.717, 1.165) is 40.0 Å². The van der Waals surface area contributed by atoms with Crippen LogP contribution >= 0.6 is 11.8 Å². The van der Waals surface area contributed by atoms with Crippen LogP contribution in [0.2, 0.25) is 0 Å². The van der Waals surface area contributed by atoms with Crippen molar-refractivity contribution < 1.29 is 18.3 Å². The number of nitro benzene ring substituents is 1. The summed E-state index contributed by atoms with van der Waals surface area (Å²) in [5.41, 5.74) is 0.0583. The highest BCUT2D eigenvalue weighted by molar-refractivity contribution is 8.00. The van der Waals surface area contributed by atoms with Gasteiger partial charge in [-0.25, -0.2) is 22.4 Å². The van der Waals surface area contributed by atoms with Crippen molar-refractivity contribution in [3.05, 3.63) is 87.1 Å². The number of rotatable bonds is 6. The number of para-hydroxylation sites is 2. The number of benzene rings is 2. The van der Waals surface area contributed by atoms with Crippen molar-refractivity contribution >= 4 is 44.2 Å². The first-order valence-corrected chi connectivity index (χ1v) is 10.8. The van der Waals surface area contributed by atoms with Gasteiger partial charge in [0.25, 0.3) is 15.7 Å². The van der Waals surface area contributed by atoms with E-state index in [4.69, 9.17) is 0 Å². The Kier molecular flexibility index (Phi) is 5.12. The van der Waals surface area contributed by atoms with Crippen molar-refractivity contribution in [1.29, 1.82) is 0 Å². The number of imidazole rings is 1. The lowest BCUT2D eigenvalue weighted by atomic mass is 10.3. The van der Waals surface area contributed by atoms with E-state index >= 15 is 0 Å². The van der Waals surface area contributed by atoms with E-state index in [2.05, 4.69) is 9.97 Å². The fraction of sp³-hybridized carbons (Fsp3) is 0. The average Bonchev–Trinajstić information content (AvgIpc) is 3.12. The molecule has 0 unspecified atom stereocenters. The summed E-state index contributed by atoms with van der Waals surface area (Å²) in [5.74, 6) is 0. The molecule has 0 N–H and O–H groups in total. The summed E-state index contributed by atoms with van der Waals surface area (Å²) >= 11 is 0.736. The second kappa shape index (κ2) is 7.77. The molecule has 11 nitrogen and oxygen atoms in total. The summed E-state index contributed by atoms with van der Waals surface area (Å²) in [6, 6.07) is 13.5. The molecule has 0 aliphatic rings. The van der Waals surface area contributed by atoms with E-state index in [1.807, 2.05) is 0 Å². The lowest BCUT2D eigenvalue weighted by molar-refractivity contribution is -0.388. The highest BCUT2D eigenvalue weighted by atomic mass is 32.2. The van der Waals surface area contributed by atoms with Gasteiger partial charge in [0.1, 0.15) is 0 Å². The Morgan fingerprint density at radius 1 is 0.903 bits per heavy atom. The minimum atomic E-state index is -4.24. The summed E-state index contributed by atoms with van der Waals surface area (Å²) in [7, 11) is -4.24. The number of hydrogen-bond donors (Lipinski definition) is 0. The molecule has 2 heterocycles. The molecule has 0 atom stereocenters. The van der Waals surface area contributed by atoms with E-state index in [0.29, 0.717) is 5.52 Å². The third kappa shape index (κ3) is 3.71. The van der Waals surface area contributed by atoms with Gasteiger partial charge in [-0.1, -0.05) is 12.1 Å². The van der Waals surface area contributed by atoms with Gasteiger partial charge in [-0.15, -0.1) is 0 Å². The number of aromatic nitrogens is 3. The summed E-state index contributed by atoms with van der Waals surface area (Å²) in [6.45, 7) is 0. The second-order valence-electron chi connectivity index (χ2n) is 6.09. The van der Waals surface area contributed by atoms with Gasteiger partial charge in [0.2, 0.25) is 0 Å². The van der Waals surface area contributed by atoms with Crippen LogP contribution in [0.3, 0.4) is 0 Å². The third-order valence-corrected chi connectivity index (χ3v) is 7.01. The minimum Gasteiger partial charge on any atom is -0.258 e. The van der Waals surface area contributed by atoms with Crippen LogP contribution in [-0.2, 0) is 10.0 Å². The van der Waals surface area contributed by atoms with E-state index in [1.54, 1.807) is 24.3 Å². The number of nitrogens with zero attached hydrogens (tertiary/aromatic N) is 5. The highest BCUT2D eigenvalue weighted by Gasteiger charge is 2.27. The SMILES string of the molecule is O=[N+]([O-])c1ccc(S(=O)(=O)n2c(Sc3ncccc3[N+](=O)[O-])nc3ccccc32)cc1. The van der Waals surface area contributed by atoms with E-state index < -0.39 is 19.9 Å². The average molecular weight is 457 g/mol. The second-order valence-corrected chi connectivity index (χ2v) is 8.83. The van der Waals surface area contributed by atoms with Crippen LogP contribution in [0.4, 0.5) is 11.4 Å². The molecule has 0 aliphatic carbocycles. The Morgan fingerprint density at radius 3 is 2.29 bits per heavy atom. The van der Waals surface area contributed by atoms with Gasteiger partial charge in [-0.3, -0.25) is 20.2 Å². The van der Waals surface area contributed by atoms with Crippen molar-refractivity contribution in [1.82, 2.24) is 13.9 Å². The Morgan fingerprint density at radius 2 is 1.61 bits per heavy atom. The van der Waals surface area contributed by atoms with Crippen molar-refractivity contribution in [3.63, 3.8) is 0 Å².